The van der Waals surface area contributed by atoms with Crippen LogP contribution in [0.3, 0.4) is 0 Å². The van der Waals surface area contributed by atoms with Crippen LogP contribution in [0, 0.1) is 10.1 Å². The van der Waals surface area contributed by atoms with E-state index in [-0.39, 0.29) is 48.2 Å². The van der Waals surface area contributed by atoms with Crippen molar-refractivity contribution in [1.29, 1.82) is 0 Å². The Morgan fingerprint density at radius 1 is 0.930 bits per heavy atom. The van der Waals surface area contributed by atoms with Gasteiger partial charge in [0.2, 0.25) is 5.60 Å². The van der Waals surface area contributed by atoms with E-state index in [9.17, 15) is 33.2 Å². The fourth-order valence-electron chi connectivity index (χ4n) is 5.57. The van der Waals surface area contributed by atoms with Crippen molar-refractivity contribution in [3.63, 3.8) is 0 Å². The van der Waals surface area contributed by atoms with Crippen molar-refractivity contribution in [2.45, 2.75) is 31.2 Å². The van der Waals surface area contributed by atoms with Crippen molar-refractivity contribution < 1.29 is 33.1 Å². The molecule has 5 rings (SSSR count). The molecule has 1 aliphatic rings. The molecule has 1 fully saturated rings. The number of halogens is 3. The number of aromatic nitrogens is 1. The lowest BCUT2D eigenvalue weighted by molar-refractivity contribution is -0.384. The highest BCUT2D eigenvalue weighted by Gasteiger charge is 2.57. The van der Waals surface area contributed by atoms with Crippen LogP contribution in [0.25, 0.3) is 10.9 Å². The van der Waals surface area contributed by atoms with Crippen LogP contribution in [0.4, 0.5) is 24.5 Å². The van der Waals surface area contributed by atoms with Gasteiger partial charge in [-0.25, -0.2) is 0 Å². The number of hydrogen-bond acceptors (Lipinski definition) is 6. The summed E-state index contributed by atoms with van der Waals surface area (Å²) in [6.45, 7) is 0.884. The fourth-order valence-corrected chi connectivity index (χ4v) is 5.57. The van der Waals surface area contributed by atoms with E-state index in [1.165, 1.54) is 22.9 Å². The number of alkyl halides is 3. The van der Waals surface area contributed by atoms with Crippen molar-refractivity contribution in [3.8, 4) is 0 Å². The highest BCUT2D eigenvalue weighted by Crippen LogP contribution is 2.44. The van der Waals surface area contributed by atoms with Gasteiger partial charge in [0.05, 0.1) is 10.4 Å². The van der Waals surface area contributed by atoms with Crippen molar-refractivity contribution in [2.24, 2.45) is 0 Å². The predicted octanol–water partition coefficient (Wildman–Crippen LogP) is 5.19. The molecular weight excluding hydrogens is 565 g/mol. The molecule has 0 spiro atoms. The first-order chi connectivity index (χ1) is 20.4. The van der Waals surface area contributed by atoms with Crippen LogP contribution in [0.2, 0.25) is 0 Å². The molecular formula is C31H31F3N4O5. The van der Waals surface area contributed by atoms with E-state index in [1.807, 2.05) is 47.4 Å². The molecule has 2 N–H and O–H groups in total. The highest BCUT2D eigenvalue weighted by atomic mass is 19.4. The first-order valence-corrected chi connectivity index (χ1v) is 13.8. The monoisotopic (exact) mass is 596 g/mol. The Labute approximate surface area is 245 Å². The molecule has 4 aromatic rings. The molecule has 0 aliphatic carbocycles. The predicted molar refractivity (Wildman–Crippen MR) is 155 cm³/mol. The van der Waals surface area contributed by atoms with E-state index < -0.39 is 29.2 Å². The van der Waals surface area contributed by atoms with Crippen LogP contribution in [0.5, 0.6) is 0 Å². The first-order valence-electron chi connectivity index (χ1n) is 13.8. The number of benzene rings is 3. The van der Waals surface area contributed by atoms with E-state index in [0.29, 0.717) is 19.5 Å². The molecule has 1 atom stereocenters. The van der Waals surface area contributed by atoms with E-state index in [0.717, 1.165) is 22.9 Å². The van der Waals surface area contributed by atoms with Gasteiger partial charge in [0.1, 0.15) is 0 Å². The third-order valence-electron chi connectivity index (χ3n) is 7.94. The number of rotatable bonds is 10. The number of aliphatic carboxylic acids is 1. The summed E-state index contributed by atoms with van der Waals surface area (Å²) in [7, 11) is 0. The van der Waals surface area contributed by atoms with E-state index >= 15 is 0 Å². The molecule has 3 aromatic carbocycles. The van der Waals surface area contributed by atoms with Gasteiger partial charge in [-0.3, -0.25) is 19.8 Å². The average Bonchev–Trinajstić information content (AvgIpc) is 3.34. The number of nitro groups is 1. The molecule has 43 heavy (non-hydrogen) atoms. The van der Waals surface area contributed by atoms with Crippen LogP contribution < -0.4 is 4.90 Å². The molecule has 1 aromatic heterocycles. The third-order valence-corrected chi connectivity index (χ3v) is 7.94. The lowest BCUT2D eigenvalue weighted by atomic mass is 9.91. The van der Waals surface area contributed by atoms with E-state index in [4.69, 9.17) is 5.11 Å². The summed E-state index contributed by atoms with van der Waals surface area (Å²) < 4.78 is 45.8. The lowest BCUT2D eigenvalue weighted by Gasteiger charge is -2.40. The number of anilines is 1. The van der Waals surface area contributed by atoms with Crippen LogP contribution in [0.15, 0.2) is 79.0 Å². The molecule has 0 bridgehead atoms. The quantitative estimate of drug-likeness (QED) is 0.192. The van der Waals surface area contributed by atoms with Crippen LogP contribution in [0.1, 0.15) is 23.1 Å². The van der Waals surface area contributed by atoms with Gasteiger partial charge in [0.25, 0.3) is 5.69 Å². The number of nitrogens with zero attached hydrogens (tertiary/aromatic N) is 4. The lowest BCUT2D eigenvalue weighted by Crippen LogP contribution is -2.55. The Kier molecular flexibility index (Phi) is 8.43. The summed E-state index contributed by atoms with van der Waals surface area (Å²) >= 11 is 0. The molecule has 1 saturated heterocycles. The number of piperazine rings is 1. The maximum Gasteiger partial charge on any atom is 0.422 e. The van der Waals surface area contributed by atoms with E-state index in [2.05, 4.69) is 0 Å². The number of non-ortho nitro benzene ring substituents is 1. The number of aliphatic hydroxyl groups is 1. The molecule has 0 amide bonds. The number of carboxylic acids is 1. The van der Waals surface area contributed by atoms with Crippen molar-refractivity contribution >= 4 is 28.2 Å². The number of fused-ring (bicyclic) bond motifs is 1. The summed E-state index contributed by atoms with van der Waals surface area (Å²) in [5, 5.41) is 31.9. The Morgan fingerprint density at radius 2 is 1.60 bits per heavy atom. The van der Waals surface area contributed by atoms with Gasteiger partial charge in [0, 0.05) is 80.7 Å². The van der Waals surface area contributed by atoms with Gasteiger partial charge in [0.15, 0.2) is 0 Å². The SMILES string of the molecule is O=C(O)CCc1ccc(N2CCN(CC(O)(c3cn(Cc4ccccc4)c4cc([N+](=O)[O-])ccc34)C(F)(F)F)CC2)cc1. The maximum atomic E-state index is 14.8. The smallest absolute Gasteiger partial charge is 0.422 e. The number of nitro benzene ring substituents is 1. The van der Waals surface area contributed by atoms with Gasteiger partial charge in [-0.05, 0) is 35.7 Å². The molecule has 9 nitrogen and oxygen atoms in total. The number of β-amino-alcohol motifs (C(OH)–C–C–N with tert-alkyl or cyclic N) is 1. The average molecular weight is 597 g/mol. The zero-order chi connectivity index (χ0) is 30.8. The van der Waals surface area contributed by atoms with Gasteiger partial charge in [-0.15, -0.1) is 0 Å². The minimum absolute atomic E-state index is 0.0297. The second kappa shape index (κ2) is 12.1. The summed E-state index contributed by atoms with van der Waals surface area (Å²) in [5.41, 5.74) is -1.04. The first kappa shape index (κ1) is 30.1. The summed E-state index contributed by atoms with van der Waals surface area (Å²) in [6.07, 6.45) is -3.32. The normalized spacial score (nSPS) is 15.9. The molecule has 0 saturated carbocycles. The van der Waals surface area contributed by atoms with Crippen LogP contribution >= 0.6 is 0 Å². The topological polar surface area (TPSA) is 112 Å². The Bertz CT molecular complexity index is 1600. The number of carbonyl (C=O) groups is 1. The number of hydrogen-bond donors (Lipinski definition) is 2. The van der Waals surface area contributed by atoms with Crippen molar-refractivity contribution in [2.75, 3.05) is 37.6 Å². The Balaban J connectivity index is 1.39. The Hall–Kier alpha value is -4.42. The molecule has 0 radical (unpaired) electrons. The van der Waals surface area contributed by atoms with Crippen molar-refractivity contribution in [3.05, 3.63) is 106 Å². The minimum Gasteiger partial charge on any atom is -0.481 e. The molecule has 2 heterocycles. The zero-order valence-electron chi connectivity index (χ0n) is 23.2. The largest absolute Gasteiger partial charge is 0.481 e. The second-order valence-corrected chi connectivity index (χ2v) is 10.8. The van der Waals surface area contributed by atoms with Gasteiger partial charge >= 0.3 is 12.1 Å². The number of aryl methyl sites for hydroxylation is 1. The van der Waals surface area contributed by atoms with Gasteiger partial charge in [-0.2, -0.15) is 13.2 Å². The van der Waals surface area contributed by atoms with E-state index in [1.54, 1.807) is 17.0 Å². The molecule has 12 heteroatoms. The highest BCUT2D eigenvalue weighted by molar-refractivity contribution is 5.87. The molecule has 1 unspecified atom stereocenters. The second-order valence-electron chi connectivity index (χ2n) is 10.8. The van der Waals surface area contributed by atoms with Crippen molar-refractivity contribution in [1.82, 2.24) is 9.47 Å². The van der Waals surface area contributed by atoms with Gasteiger partial charge < -0.3 is 19.7 Å². The van der Waals surface area contributed by atoms with Crippen LogP contribution in [-0.2, 0) is 23.4 Å². The Morgan fingerprint density at radius 3 is 2.21 bits per heavy atom. The summed E-state index contributed by atoms with van der Waals surface area (Å²) in [6, 6.07) is 20.1. The zero-order valence-corrected chi connectivity index (χ0v) is 23.2. The summed E-state index contributed by atoms with van der Waals surface area (Å²) in [4.78, 5) is 25.3. The molecule has 226 valence electrons. The standard InChI is InChI=1S/C31H31F3N4O5/c32-31(33,34)30(41,21-35-14-16-36(17-15-35)24-9-6-22(7-10-24)8-13-29(39)40)27-20-37(19-23-4-2-1-3-5-23)28-18-25(38(42)43)11-12-26(27)28/h1-7,9-12,18,20,41H,8,13-17,19,21H2,(H,39,40). The minimum atomic E-state index is -5.02. The fraction of sp³-hybridized carbons (Fsp3) is 0.323. The third kappa shape index (κ3) is 6.50. The molecule has 1 aliphatic heterocycles. The van der Waals surface area contributed by atoms with Gasteiger partial charge in [-0.1, -0.05) is 42.5 Å². The maximum absolute atomic E-state index is 14.8. The van der Waals surface area contributed by atoms with Crippen LogP contribution in [-0.4, -0.2) is 69.5 Å². The summed E-state index contributed by atoms with van der Waals surface area (Å²) in [5.74, 6) is -0.874. The number of carboxylic acid groups (broad SMARTS) is 1.